The molecule has 0 amide bonds. The Morgan fingerprint density at radius 2 is 2.19 bits per heavy atom. The molecule has 5 nitrogen and oxygen atoms in total. The summed E-state index contributed by atoms with van der Waals surface area (Å²) in [4.78, 5) is 10.2. The van der Waals surface area contributed by atoms with Gasteiger partial charge in [-0.05, 0) is 37.2 Å². The number of hydrogen-bond donors (Lipinski definition) is 1. The van der Waals surface area contributed by atoms with Gasteiger partial charge in [0.25, 0.3) is 5.69 Å². The average molecular weight is 291 g/mol. The molecule has 0 spiro atoms. The normalized spacial score (nSPS) is 12.3. The summed E-state index contributed by atoms with van der Waals surface area (Å²) in [5.74, 6) is -0.590. The van der Waals surface area contributed by atoms with Crippen LogP contribution in [0.5, 0.6) is 0 Å². The van der Waals surface area contributed by atoms with Crippen LogP contribution in [0.3, 0.4) is 0 Å². The molecule has 0 saturated heterocycles. The summed E-state index contributed by atoms with van der Waals surface area (Å²) in [7, 11) is 0. The summed E-state index contributed by atoms with van der Waals surface area (Å²) in [6.45, 7) is 5.32. The third-order valence-corrected chi connectivity index (χ3v) is 3.32. The SMILES string of the molecule is CCNC(C)c1cccn1Cc1cc(F)cc([N+](=O)[O-])c1. The highest BCUT2D eigenvalue weighted by atomic mass is 19.1. The maximum atomic E-state index is 13.5. The molecule has 6 heteroatoms. The molecule has 0 radical (unpaired) electrons. The Balaban J connectivity index is 2.27. The maximum absolute atomic E-state index is 13.5. The molecule has 2 aromatic rings. The van der Waals surface area contributed by atoms with Crippen LogP contribution in [0.25, 0.3) is 0 Å². The molecule has 0 fully saturated rings. The number of non-ortho nitro benzene ring substituents is 1. The lowest BCUT2D eigenvalue weighted by Gasteiger charge is -2.16. The minimum Gasteiger partial charge on any atom is -0.346 e. The number of nitro groups is 1. The molecule has 1 aromatic carbocycles. The van der Waals surface area contributed by atoms with Gasteiger partial charge in [-0.2, -0.15) is 0 Å². The van der Waals surface area contributed by atoms with Crippen LogP contribution in [0.15, 0.2) is 36.5 Å². The Bertz CT molecular complexity index is 640. The number of benzene rings is 1. The fourth-order valence-corrected chi connectivity index (χ4v) is 2.40. The topological polar surface area (TPSA) is 60.1 Å². The Labute approximate surface area is 122 Å². The van der Waals surface area contributed by atoms with Crippen LogP contribution in [0, 0.1) is 15.9 Å². The van der Waals surface area contributed by atoms with Gasteiger partial charge in [0.1, 0.15) is 5.82 Å². The van der Waals surface area contributed by atoms with Crippen molar-refractivity contribution < 1.29 is 9.31 Å². The summed E-state index contributed by atoms with van der Waals surface area (Å²) in [6, 6.07) is 7.73. The van der Waals surface area contributed by atoms with Crippen LogP contribution in [0.4, 0.5) is 10.1 Å². The lowest BCUT2D eigenvalue weighted by Crippen LogP contribution is -2.20. The number of nitro benzene ring substituents is 1. The van der Waals surface area contributed by atoms with Gasteiger partial charge in [-0.25, -0.2) is 4.39 Å². The average Bonchev–Trinajstić information content (AvgIpc) is 2.86. The van der Waals surface area contributed by atoms with Crippen molar-refractivity contribution in [2.75, 3.05) is 6.54 Å². The van der Waals surface area contributed by atoms with Crippen molar-refractivity contribution in [3.63, 3.8) is 0 Å². The quantitative estimate of drug-likeness (QED) is 0.656. The van der Waals surface area contributed by atoms with E-state index in [1.807, 2.05) is 36.7 Å². The summed E-state index contributed by atoms with van der Waals surface area (Å²) >= 11 is 0. The molecular formula is C15H18FN3O2. The van der Waals surface area contributed by atoms with Crippen molar-refractivity contribution in [2.24, 2.45) is 0 Å². The van der Waals surface area contributed by atoms with Crippen LogP contribution in [0.1, 0.15) is 31.1 Å². The summed E-state index contributed by atoms with van der Waals surface area (Å²) < 4.78 is 15.4. The van der Waals surface area contributed by atoms with E-state index in [-0.39, 0.29) is 11.7 Å². The minimum absolute atomic E-state index is 0.161. The molecular weight excluding hydrogens is 273 g/mol. The van der Waals surface area contributed by atoms with Crippen LogP contribution in [-0.4, -0.2) is 16.0 Å². The molecule has 21 heavy (non-hydrogen) atoms. The first-order valence-corrected chi connectivity index (χ1v) is 6.83. The molecule has 1 unspecified atom stereocenters. The summed E-state index contributed by atoms with van der Waals surface area (Å²) in [5.41, 5.74) is 1.41. The van der Waals surface area contributed by atoms with Crippen LogP contribution >= 0.6 is 0 Å². The second-order valence-electron chi connectivity index (χ2n) is 4.92. The van der Waals surface area contributed by atoms with E-state index in [2.05, 4.69) is 5.32 Å². The highest BCUT2D eigenvalue weighted by Crippen LogP contribution is 2.20. The molecule has 1 N–H and O–H groups in total. The first kappa shape index (κ1) is 15.2. The smallest absolute Gasteiger partial charge is 0.272 e. The third-order valence-electron chi connectivity index (χ3n) is 3.32. The number of nitrogens with one attached hydrogen (secondary N) is 1. The van der Waals surface area contributed by atoms with Gasteiger partial charge in [0.15, 0.2) is 0 Å². The summed E-state index contributed by atoms with van der Waals surface area (Å²) in [5, 5.41) is 14.1. The van der Waals surface area contributed by atoms with Crippen molar-refractivity contribution >= 4 is 5.69 Å². The molecule has 112 valence electrons. The molecule has 1 aromatic heterocycles. The highest BCUT2D eigenvalue weighted by Gasteiger charge is 2.13. The zero-order valence-corrected chi connectivity index (χ0v) is 12.0. The number of hydrogen-bond acceptors (Lipinski definition) is 3. The van der Waals surface area contributed by atoms with Crippen molar-refractivity contribution in [2.45, 2.75) is 26.4 Å². The molecule has 0 aliphatic carbocycles. The predicted molar refractivity (Wildman–Crippen MR) is 78.7 cm³/mol. The van der Waals surface area contributed by atoms with Gasteiger partial charge in [-0.15, -0.1) is 0 Å². The van der Waals surface area contributed by atoms with Gasteiger partial charge in [0, 0.05) is 30.5 Å². The van der Waals surface area contributed by atoms with Crippen LogP contribution < -0.4 is 5.32 Å². The lowest BCUT2D eigenvalue weighted by atomic mass is 10.1. The zero-order chi connectivity index (χ0) is 15.4. The van der Waals surface area contributed by atoms with Gasteiger partial charge in [-0.3, -0.25) is 10.1 Å². The van der Waals surface area contributed by atoms with Gasteiger partial charge in [-0.1, -0.05) is 6.92 Å². The molecule has 0 aliphatic heterocycles. The first-order chi connectivity index (χ1) is 10.0. The second kappa shape index (κ2) is 6.49. The van der Waals surface area contributed by atoms with E-state index >= 15 is 0 Å². The Morgan fingerprint density at radius 3 is 2.86 bits per heavy atom. The van der Waals surface area contributed by atoms with E-state index in [0.717, 1.165) is 18.3 Å². The van der Waals surface area contributed by atoms with E-state index in [4.69, 9.17) is 0 Å². The Morgan fingerprint density at radius 1 is 1.43 bits per heavy atom. The van der Waals surface area contributed by atoms with E-state index in [1.54, 1.807) is 0 Å². The monoisotopic (exact) mass is 291 g/mol. The third kappa shape index (κ3) is 3.66. The van der Waals surface area contributed by atoms with Crippen LogP contribution in [-0.2, 0) is 6.54 Å². The fourth-order valence-electron chi connectivity index (χ4n) is 2.40. The number of halogens is 1. The van der Waals surface area contributed by atoms with Gasteiger partial charge in [0.2, 0.25) is 0 Å². The van der Waals surface area contributed by atoms with Gasteiger partial charge >= 0.3 is 0 Å². The Hall–Kier alpha value is -2.21. The van der Waals surface area contributed by atoms with Crippen molar-refractivity contribution in [1.82, 2.24) is 9.88 Å². The minimum atomic E-state index is -0.590. The molecule has 1 atom stereocenters. The predicted octanol–water partition coefficient (Wildman–Crippen LogP) is 3.25. The zero-order valence-electron chi connectivity index (χ0n) is 12.0. The number of aromatic nitrogens is 1. The molecule has 1 heterocycles. The number of nitrogens with zero attached hydrogens (tertiary/aromatic N) is 2. The number of rotatable bonds is 6. The van der Waals surface area contributed by atoms with Gasteiger partial charge in [0.05, 0.1) is 11.0 Å². The van der Waals surface area contributed by atoms with Crippen molar-refractivity contribution in [3.8, 4) is 0 Å². The molecule has 0 bridgehead atoms. The standard InChI is InChI=1S/C15H18FN3O2/c1-3-17-11(2)15-5-4-6-18(15)10-12-7-13(16)9-14(8-12)19(20)21/h4-9,11,17H,3,10H2,1-2H3. The maximum Gasteiger partial charge on any atom is 0.272 e. The molecule has 2 rings (SSSR count). The first-order valence-electron chi connectivity index (χ1n) is 6.83. The molecule has 0 aliphatic rings. The molecule has 0 saturated carbocycles. The second-order valence-corrected chi connectivity index (χ2v) is 4.92. The largest absolute Gasteiger partial charge is 0.346 e. The van der Waals surface area contributed by atoms with Gasteiger partial charge < -0.3 is 9.88 Å². The lowest BCUT2D eigenvalue weighted by molar-refractivity contribution is -0.385. The van der Waals surface area contributed by atoms with E-state index < -0.39 is 10.7 Å². The van der Waals surface area contributed by atoms with Crippen molar-refractivity contribution in [3.05, 3.63) is 63.7 Å². The van der Waals surface area contributed by atoms with Crippen LogP contribution in [0.2, 0.25) is 0 Å². The highest BCUT2D eigenvalue weighted by molar-refractivity contribution is 5.35. The van der Waals surface area contributed by atoms with E-state index in [9.17, 15) is 14.5 Å². The fraction of sp³-hybridized carbons (Fsp3) is 0.333. The van der Waals surface area contributed by atoms with E-state index in [0.29, 0.717) is 12.1 Å². The van der Waals surface area contributed by atoms with E-state index in [1.165, 1.54) is 12.1 Å². The Kier molecular flexibility index (Phi) is 4.70. The summed E-state index contributed by atoms with van der Waals surface area (Å²) in [6.07, 6.45) is 1.89. The van der Waals surface area contributed by atoms with Crippen molar-refractivity contribution in [1.29, 1.82) is 0 Å².